The predicted octanol–water partition coefficient (Wildman–Crippen LogP) is 6.26. The number of anilines is 2. The van der Waals surface area contributed by atoms with E-state index in [4.69, 9.17) is 40.2 Å². The highest BCUT2D eigenvalue weighted by molar-refractivity contribution is 7.80. The Kier molecular flexibility index (Phi) is 8.00. The van der Waals surface area contributed by atoms with Crippen LogP contribution in [0.15, 0.2) is 66.9 Å². The Labute approximate surface area is 247 Å². The molecule has 1 aliphatic rings. The topological polar surface area (TPSA) is 91.7 Å². The predicted molar refractivity (Wildman–Crippen MR) is 162 cm³/mol. The molecule has 11 heteroatoms. The number of thiocarbonyl (C=S) groups is 1. The molecule has 1 saturated heterocycles. The number of phenolic OH excluding ortho intramolecular Hbond substituents is 1. The molecular weight excluding hydrogens is 569 g/mol. The summed E-state index contributed by atoms with van der Waals surface area (Å²) in [4.78, 5) is 18.7. The molecule has 3 heterocycles. The Hall–Kier alpha value is -3.63. The number of amides is 1. The van der Waals surface area contributed by atoms with Gasteiger partial charge in [0.1, 0.15) is 12.4 Å². The van der Waals surface area contributed by atoms with E-state index in [1.54, 1.807) is 36.5 Å². The van der Waals surface area contributed by atoms with Gasteiger partial charge in [-0.1, -0.05) is 29.3 Å². The first-order valence-corrected chi connectivity index (χ1v) is 13.6. The zero-order chi connectivity index (χ0) is 28.6. The van der Waals surface area contributed by atoms with Gasteiger partial charge in [-0.05, 0) is 86.2 Å². The maximum absolute atomic E-state index is 12.1. The zero-order valence-electron chi connectivity index (χ0n) is 22.0. The van der Waals surface area contributed by atoms with Gasteiger partial charge in [-0.15, -0.1) is 0 Å². The number of halogens is 2. The van der Waals surface area contributed by atoms with E-state index in [1.807, 2.05) is 47.6 Å². The van der Waals surface area contributed by atoms with Crippen LogP contribution in [0.25, 0.3) is 5.69 Å². The van der Waals surface area contributed by atoms with Crippen molar-refractivity contribution in [1.29, 1.82) is 0 Å². The number of hydrogen-bond acceptors (Lipinski definition) is 5. The summed E-state index contributed by atoms with van der Waals surface area (Å²) in [7, 11) is 1.45. The molecule has 2 aromatic carbocycles. The number of nitrogens with zero attached hydrogens (tertiary/aromatic N) is 3. The number of aromatic nitrogens is 2. The maximum Gasteiger partial charge on any atom is 0.250 e. The number of hydrogen-bond donors (Lipinski definition) is 3. The molecule has 40 heavy (non-hydrogen) atoms. The number of methoxy groups -OCH3 is 1. The molecule has 5 rings (SSSR count). The summed E-state index contributed by atoms with van der Waals surface area (Å²) in [6, 6.07) is 17.6. The molecule has 1 fully saturated rings. The van der Waals surface area contributed by atoms with Crippen molar-refractivity contribution in [3.05, 3.63) is 99.6 Å². The first-order valence-electron chi connectivity index (χ1n) is 12.5. The number of aromatic hydroxyl groups is 1. The summed E-state index contributed by atoms with van der Waals surface area (Å²) in [5, 5.41) is 18.3. The number of benzene rings is 2. The van der Waals surface area contributed by atoms with Crippen molar-refractivity contribution in [2.75, 3.05) is 23.9 Å². The zero-order valence-corrected chi connectivity index (χ0v) is 24.3. The average molecular weight is 597 g/mol. The molecule has 0 bridgehead atoms. The number of phenols is 1. The molecule has 3 N–H and O–H groups in total. The Bertz CT molecular complexity index is 1590. The first kappa shape index (κ1) is 27.9. The highest BCUT2D eigenvalue weighted by Gasteiger charge is 2.42. The molecule has 206 valence electrons. The third-order valence-electron chi connectivity index (χ3n) is 6.85. The van der Waals surface area contributed by atoms with Gasteiger partial charge >= 0.3 is 0 Å². The van der Waals surface area contributed by atoms with Gasteiger partial charge < -0.3 is 29.9 Å². The molecule has 1 aliphatic heterocycles. The van der Waals surface area contributed by atoms with Gasteiger partial charge in [0.25, 0.3) is 0 Å². The number of carbonyl (C=O) groups is 1. The quantitative estimate of drug-likeness (QED) is 0.217. The molecule has 0 spiro atoms. The van der Waals surface area contributed by atoms with E-state index in [9.17, 15) is 9.90 Å². The number of carbonyl (C=O) groups excluding carboxylic acids is 1. The lowest BCUT2D eigenvalue weighted by Gasteiger charge is -2.28. The van der Waals surface area contributed by atoms with E-state index in [0.717, 1.165) is 28.3 Å². The molecule has 2 unspecified atom stereocenters. The maximum atomic E-state index is 12.1. The normalized spacial score (nSPS) is 16.7. The first-order chi connectivity index (χ1) is 19.2. The molecule has 0 radical (unpaired) electrons. The van der Waals surface area contributed by atoms with Gasteiger partial charge in [0.2, 0.25) is 5.91 Å². The Morgan fingerprint density at radius 1 is 1.15 bits per heavy atom. The Morgan fingerprint density at radius 3 is 2.65 bits per heavy atom. The van der Waals surface area contributed by atoms with Gasteiger partial charge in [0.05, 0.1) is 34.2 Å². The third-order valence-corrected chi connectivity index (χ3v) is 7.71. The fourth-order valence-electron chi connectivity index (χ4n) is 5.16. The highest BCUT2D eigenvalue weighted by atomic mass is 35.5. The van der Waals surface area contributed by atoms with Gasteiger partial charge in [-0.2, -0.15) is 0 Å². The van der Waals surface area contributed by atoms with Crippen LogP contribution in [0.1, 0.15) is 34.7 Å². The van der Waals surface area contributed by atoms with Crippen LogP contribution in [0.4, 0.5) is 11.4 Å². The fraction of sp³-hybridized carbons (Fsp3) is 0.207. The Balaban J connectivity index is 1.63. The van der Waals surface area contributed by atoms with Crippen LogP contribution in [-0.2, 0) is 9.53 Å². The molecule has 1 amide bonds. The fourth-order valence-corrected chi connectivity index (χ4v) is 5.89. The van der Waals surface area contributed by atoms with Gasteiger partial charge in [-0.3, -0.25) is 9.78 Å². The largest absolute Gasteiger partial charge is 0.506 e. The van der Waals surface area contributed by atoms with E-state index in [2.05, 4.69) is 21.7 Å². The number of ether oxygens (including phenoxy) is 1. The summed E-state index contributed by atoms with van der Waals surface area (Å²) >= 11 is 18.8. The Morgan fingerprint density at radius 2 is 1.95 bits per heavy atom. The van der Waals surface area contributed by atoms with Crippen LogP contribution in [0, 0.1) is 13.8 Å². The van der Waals surface area contributed by atoms with Crippen molar-refractivity contribution >= 4 is 57.8 Å². The lowest BCUT2D eigenvalue weighted by Crippen LogP contribution is -2.29. The minimum Gasteiger partial charge on any atom is -0.506 e. The smallest absolute Gasteiger partial charge is 0.250 e. The van der Waals surface area contributed by atoms with Crippen molar-refractivity contribution in [3.63, 3.8) is 0 Å². The minimum absolute atomic E-state index is 0.0795. The number of pyridine rings is 1. The van der Waals surface area contributed by atoms with Crippen molar-refractivity contribution in [3.8, 4) is 11.4 Å². The second-order valence-corrected chi connectivity index (χ2v) is 10.7. The van der Waals surface area contributed by atoms with Crippen LogP contribution < -0.4 is 15.5 Å². The van der Waals surface area contributed by atoms with Gasteiger partial charge in [0, 0.05) is 35.4 Å². The lowest BCUT2D eigenvalue weighted by molar-refractivity contribution is -0.119. The summed E-state index contributed by atoms with van der Waals surface area (Å²) in [5.74, 6) is -0.186. The van der Waals surface area contributed by atoms with Crippen LogP contribution in [0.5, 0.6) is 5.75 Å². The van der Waals surface area contributed by atoms with Crippen molar-refractivity contribution in [1.82, 2.24) is 14.9 Å². The van der Waals surface area contributed by atoms with Crippen LogP contribution in [0.2, 0.25) is 10.0 Å². The van der Waals surface area contributed by atoms with Crippen LogP contribution >= 0.6 is 35.4 Å². The van der Waals surface area contributed by atoms with E-state index < -0.39 is 0 Å². The monoisotopic (exact) mass is 595 g/mol. The average Bonchev–Trinajstić information content (AvgIpc) is 3.42. The summed E-state index contributed by atoms with van der Waals surface area (Å²) in [6.07, 6.45) is 1.75. The van der Waals surface area contributed by atoms with Crippen molar-refractivity contribution in [2.45, 2.75) is 25.9 Å². The van der Waals surface area contributed by atoms with Crippen LogP contribution in [0.3, 0.4) is 0 Å². The van der Waals surface area contributed by atoms with E-state index >= 15 is 0 Å². The van der Waals surface area contributed by atoms with Crippen molar-refractivity contribution < 1.29 is 14.6 Å². The number of rotatable bonds is 7. The van der Waals surface area contributed by atoms with E-state index in [0.29, 0.717) is 26.5 Å². The summed E-state index contributed by atoms with van der Waals surface area (Å²) in [5.41, 5.74) is 5.42. The molecule has 0 saturated carbocycles. The van der Waals surface area contributed by atoms with E-state index in [-0.39, 0.29) is 30.3 Å². The molecule has 2 aromatic heterocycles. The van der Waals surface area contributed by atoms with Crippen molar-refractivity contribution in [2.24, 2.45) is 0 Å². The molecule has 8 nitrogen and oxygen atoms in total. The standard InChI is InChI=1S/C29H27Cl2N5O3S/c1-16-12-20(17(2)35(16)24-13-18(30)7-10-25(24)37)28-27(23-6-4-5-11-32-23)34-29(40)36(28)19-8-9-22(21(31)14-19)33-26(38)15-39-3/h4-14,27-28,37H,15H2,1-3H3,(H,33,38)(H,34,40). The second-order valence-electron chi connectivity index (χ2n) is 9.44. The SMILES string of the molecule is COCC(=O)Nc1ccc(N2C(=S)NC(c3ccccn3)C2c2cc(C)n(-c3cc(Cl)ccc3O)c2C)cc1Cl. The lowest BCUT2D eigenvalue weighted by atomic mass is 9.96. The molecule has 4 aromatic rings. The number of aryl methyl sites for hydroxylation is 1. The van der Waals surface area contributed by atoms with E-state index in [1.165, 1.54) is 7.11 Å². The van der Waals surface area contributed by atoms with Gasteiger partial charge in [-0.25, -0.2) is 0 Å². The highest BCUT2D eigenvalue weighted by Crippen LogP contribution is 2.45. The summed E-state index contributed by atoms with van der Waals surface area (Å²) < 4.78 is 6.88. The van der Waals surface area contributed by atoms with Crippen LogP contribution in [-0.4, -0.2) is 39.4 Å². The van der Waals surface area contributed by atoms with Gasteiger partial charge in [0.15, 0.2) is 5.11 Å². The molecular formula is C29H27Cl2N5O3S. The number of nitrogens with one attached hydrogen (secondary N) is 2. The summed E-state index contributed by atoms with van der Waals surface area (Å²) in [6.45, 7) is 3.90. The third kappa shape index (κ3) is 5.25. The minimum atomic E-state index is -0.311. The molecule has 2 atom stereocenters. The molecule has 0 aliphatic carbocycles. The second kappa shape index (κ2) is 11.5.